The van der Waals surface area contributed by atoms with Crippen LogP contribution in [0.15, 0.2) is 28.7 Å². The van der Waals surface area contributed by atoms with Crippen LogP contribution in [-0.2, 0) is 6.54 Å². The van der Waals surface area contributed by atoms with Gasteiger partial charge in [-0.25, -0.2) is 13.6 Å². The minimum absolute atomic E-state index is 0.0207. The molecule has 96 valence electrons. The van der Waals surface area contributed by atoms with Crippen molar-refractivity contribution >= 4 is 16.9 Å². The molecule has 4 nitrogen and oxygen atoms in total. The first-order valence-corrected chi connectivity index (χ1v) is 5.32. The van der Waals surface area contributed by atoms with Crippen LogP contribution in [0.5, 0.6) is 0 Å². The van der Waals surface area contributed by atoms with Gasteiger partial charge in [0.05, 0.1) is 13.1 Å². The Labute approximate surface area is 101 Å². The molecule has 0 atom stereocenters. The number of carboxylic acid groups (broad SMARTS) is 1. The summed E-state index contributed by atoms with van der Waals surface area (Å²) in [6.07, 6.45) is -2.48. The summed E-state index contributed by atoms with van der Waals surface area (Å²) < 4.78 is 29.3. The fourth-order valence-electron chi connectivity index (χ4n) is 1.75. The van der Waals surface area contributed by atoms with Crippen molar-refractivity contribution in [3.05, 3.63) is 35.6 Å². The molecule has 0 unspecified atom stereocenters. The van der Waals surface area contributed by atoms with Crippen molar-refractivity contribution in [3.63, 3.8) is 0 Å². The molecule has 1 heterocycles. The van der Waals surface area contributed by atoms with E-state index in [9.17, 15) is 13.6 Å². The highest BCUT2D eigenvalue weighted by Gasteiger charge is 2.19. The van der Waals surface area contributed by atoms with Crippen LogP contribution < -0.4 is 5.32 Å². The lowest BCUT2D eigenvalue weighted by Crippen LogP contribution is -2.21. The topological polar surface area (TPSA) is 62.5 Å². The molecule has 2 rings (SSSR count). The van der Waals surface area contributed by atoms with Gasteiger partial charge in [0.1, 0.15) is 16.9 Å². The lowest BCUT2D eigenvalue weighted by molar-refractivity contribution is 0.0696. The lowest BCUT2D eigenvalue weighted by Gasteiger charge is -2.02. The molecule has 0 fully saturated rings. The number of rotatable bonds is 5. The molecule has 18 heavy (non-hydrogen) atoms. The molecule has 0 spiro atoms. The van der Waals surface area contributed by atoms with Crippen LogP contribution >= 0.6 is 0 Å². The summed E-state index contributed by atoms with van der Waals surface area (Å²) in [4.78, 5) is 11.2. The smallest absolute Gasteiger partial charge is 0.339 e. The van der Waals surface area contributed by atoms with Gasteiger partial charge in [0.15, 0.2) is 0 Å². The average molecular weight is 255 g/mol. The molecule has 0 bridgehead atoms. The maximum atomic E-state index is 12.0. The molecule has 6 heteroatoms. The normalized spacial score (nSPS) is 11.3. The first-order valence-electron chi connectivity index (χ1n) is 5.32. The first kappa shape index (κ1) is 12.5. The number of benzene rings is 1. The number of carboxylic acids is 1. The molecule has 2 N–H and O–H groups in total. The summed E-state index contributed by atoms with van der Waals surface area (Å²) in [5.41, 5.74) is 0.455. The fourth-order valence-corrected chi connectivity index (χ4v) is 1.75. The number of fused-ring (bicyclic) bond motifs is 1. The van der Waals surface area contributed by atoms with Gasteiger partial charge in [-0.05, 0) is 6.07 Å². The van der Waals surface area contributed by atoms with Crippen LogP contribution in [0.3, 0.4) is 0 Å². The van der Waals surface area contributed by atoms with E-state index in [1.165, 1.54) is 0 Å². The van der Waals surface area contributed by atoms with Crippen molar-refractivity contribution < 1.29 is 23.1 Å². The summed E-state index contributed by atoms with van der Waals surface area (Å²) in [5, 5.41) is 12.0. The summed E-state index contributed by atoms with van der Waals surface area (Å²) in [5.74, 6) is -0.974. The number of alkyl halides is 2. The fraction of sp³-hybridized carbons (Fsp3) is 0.250. The van der Waals surface area contributed by atoms with Gasteiger partial charge in [0, 0.05) is 5.39 Å². The SMILES string of the molecule is O=C(O)c1c(CNCC(F)F)oc2ccccc12. The average Bonchev–Trinajstić information content (AvgIpc) is 2.66. The van der Waals surface area contributed by atoms with Crippen molar-refractivity contribution in [2.75, 3.05) is 6.54 Å². The van der Waals surface area contributed by atoms with Gasteiger partial charge in [-0.2, -0.15) is 0 Å². The Hall–Kier alpha value is -1.95. The molecule has 0 saturated heterocycles. The number of carbonyl (C=O) groups is 1. The van der Waals surface area contributed by atoms with Gasteiger partial charge >= 0.3 is 5.97 Å². The number of hydrogen-bond acceptors (Lipinski definition) is 3. The minimum atomic E-state index is -2.48. The molecular weight excluding hydrogens is 244 g/mol. The monoisotopic (exact) mass is 255 g/mol. The van der Waals surface area contributed by atoms with Crippen LogP contribution in [0, 0.1) is 0 Å². The Morgan fingerprint density at radius 2 is 2.11 bits per heavy atom. The van der Waals surface area contributed by atoms with Gasteiger partial charge in [0.2, 0.25) is 0 Å². The van der Waals surface area contributed by atoms with E-state index in [-0.39, 0.29) is 17.9 Å². The van der Waals surface area contributed by atoms with E-state index in [2.05, 4.69) is 5.32 Å². The van der Waals surface area contributed by atoms with Crippen LogP contribution in [0.2, 0.25) is 0 Å². The third kappa shape index (κ3) is 2.48. The van der Waals surface area contributed by atoms with E-state index in [0.717, 1.165) is 0 Å². The Morgan fingerprint density at radius 3 is 2.78 bits per heavy atom. The number of furan rings is 1. The number of halogens is 2. The van der Waals surface area contributed by atoms with E-state index >= 15 is 0 Å². The predicted molar refractivity (Wildman–Crippen MR) is 60.9 cm³/mol. The largest absolute Gasteiger partial charge is 0.478 e. The van der Waals surface area contributed by atoms with Gasteiger partial charge in [-0.15, -0.1) is 0 Å². The molecule has 0 saturated carbocycles. The second-order valence-electron chi connectivity index (χ2n) is 3.72. The summed E-state index contributed by atoms with van der Waals surface area (Å²) in [6.45, 7) is -0.545. The van der Waals surface area contributed by atoms with E-state index in [4.69, 9.17) is 9.52 Å². The van der Waals surface area contributed by atoms with Crippen molar-refractivity contribution in [3.8, 4) is 0 Å². The van der Waals surface area contributed by atoms with Crippen LogP contribution in [0.1, 0.15) is 16.1 Å². The van der Waals surface area contributed by atoms with Crippen LogP contribution in [0.4, 0.5) is 8.78 Å². The van der Waals surface area contributed by atoms with Crippen molar-refractivity contribution in [1.82, 2.24) is 5.32 Å². The Balaban J connectivity index is 2.31. The highest BCUT2D eigenvalue weighted by molar-refractivity contribution is 6.03. The van der Waals surface area contributed by atoms with E-state index in [1.807, 2.05) is 0 Å². The lowest BCUT2D eigenvalue weighted by atomic mass is 10.1. The molecule has 0 aliphatic carbocycles. The number of nitrogens with one attached hydrogen (secondary N) is 1. The van der Waals surface area contributed by atoms with Gasteiger partial charge in [-0.1, -0.05) is 18.2 Å². The summed E-state index contributed by atoms with van der Waals surface area (Å²) in [7, 11) is 0. The molecule has 1 aromatic carbocycles. The van der Waals surface area contributed by atoms with Gasteiger partial charge < -0.3 is 14.8 Å². The highest BCUT2D eigenvalue weighted by atomic mass is 19.3. The zero-order valence-corrected chi connectivity index (χ0v) is 9.32. The van der Waals surface area contributed by atoms with Crippen molar-refractivity contribution in [1.29, 1.82) is 0 Å². The molecule has 0 amide bonds. The predicted octanol–water partition coefficient (Wildman–Crippen LogP) is 2.49. The minimum Gasteiger partial charge on any atom is -0.478 e. The van der Waals surface area contributed by atoms with Gasteiger partial charge in [-0.3, -0.25) is 0 Å². The maximum absolute atomic E-state index is 12.0. The van der Waals surface area contributed by atoms with Crippen LogP contribution in [-0.4, -0.2) is 24.0 Å². The summed E-state index contributed by atoms with van der Waals surface area (Å²) >= 11 is 0. The molecule has 0 aliphatic heterocycles. The maximum Gasteiger partial charge on any atom is 0.339 e. The molecule has 1 aromatic heterocycles. The quantitative estimate of drug-likeness (QED) is 0.861. The standard InChI is InChI=1S/C12H11F2NO3/c13-10(14)6-15-5-9-11(12(16)17)7-3-1-2-4-8(7)18-9/h1-4,10,15H,5-6H2,(H,16,17). The Morgan fingerprint density at radius 1 is 1.39 bits per heavy atom. The van der Waals surface area contributed by atoms with E-state index in [0.29, 0.717) is 11.0 Å². The first-order chi connectivity index (χ1) is 8.59. The zero-order chi connectivity index (χ0) is 13.1. The zero-order valence-electron chi connectivity index (χ0n) is 9.32. The molecule has 0 radical (unpaired) electrons. The van der Waals surface area contributed by atoms with Crippen LogP contribution in [0.25, 0.3) is 11.0 Å². The second-order valence-corrected chi connectivity index (χ2v) is 3.72. The third-order valence-corrected chi connectivity index (χ3v) is 2.47. The highest BCUT2D eigenvalue weighted by Crippen LogP contribution is 2.25. The van der Waals surface area contributed by atoms with E-state index in [1.54, 1.807) is 24.3 Å². The number of para-hydroxylation sites is 1. The van der Waals surface area contributed by atoms with Gasteiger partial charge in [0.25, 0.3) is 6.43 Å². The number of hydrogen-bond donors (Lipinski definition) is 2. The van der Waals surface area contributed by atoms with Crippen molar-refractivity contribution in [2.24, 2.45) is 0 Å². The van der Waals surface area contributed by atoms with E-state index < -0.39 is 18.9 Å². The Kier molecular flexibility index (Phi) is 3.57. The van der Waals surface area contributed by atoms with Crippen molar-refractivity contribution in [2.45, 2.75) is 13.0 Å². The summed E-state index contributed by atoms with van der Waals surface area (Å²) in [6, 6.07) is 6.67. The third-order valence-electron chi connectivity index (χ3n) is 2.47. The second kappa shape index (κ2) is 5.14. The number of aromatic carboxylic acids is 1. The molecular formula is C12H11F2NO3. The molecule has 2 aromatic rings. The Bertz CT molecular complexity index is 565. The molecule has 0 aliphatic rings.